The highest BCUT2D eigenvalue weighted by Gasteiger charge is 2.29. The molecule has 1 fully saturated rings. The van der Waals surface area contributed by atoms with Crippen molar-refractivity contribution < 1.29 is 17.9 Å². The Bertz CT molecular complexity index is 780. The van der Waals surface area contributed by atoms with Crippen LogP contribution < -0.4 is 4.74 Å². The molecule has 2 aromatic rings. The summed E-state index contributed by atoms with van der Waals surface area (Å²) in [7, 11) is -2.95. The summed E-state index contributed by atoms with van der Waals surface area (Å²) in [5.74, 6) is 0.302. The van der Waals surface area contributed by atoms with Crippen LogP contribution in [0.5, 0.6) is 5.75 Å². The SMILES string of the molecule is O=C(C[C@@H]1CCS(=O)(=O)C1)Oc1ccc2ccccc2c1. The van der Waals surface area contributed by atoms with Crippen LogP contribution in [-0.4, -0.2) is 25.9 Å². The summed E-state index contributed by atoms with van der Waals surface area (Å²) in [6, 6.07) is 13.3. The molecule has 1 atom stereocenters. The molecule has 0 aliphatic carbocycles. The molecule has 1 saturated heterocycles. The van der Waals surface area contributed by atoms with E-state index in [0.29, 0.717) is 12.2 Å². The van der Waals surface area contributed by atoms with Gasteiger partial charge in [0.2, 0.25) is 0 Å². The fourth-order valence-electron chi connectivity index (χ4n) is 2.67. The average Bonchev–Trinajstić information content (AvgIpc) is 2.77. The van der Waals surface area contributed by atoms with Crippen molar-refractivity contribution in [2.24, 2.45) is 5.92 Å². The molecule has 0 bridgehead atoms. The molecule has 4 nitrogen and oxygen atoms in total. The summed E-state index contributed by atoms with van der Waals surface area (Å²) in [4.78, 5) is 11.9. The molecule has 1 aliphatic rings. The summed E-state index contributed by atoms with van der Waals surface area (Å²) in [5, 5.41) is 2.09. The molecule has 3 rings (SSSR count). The lowest BCUT2D eigenvalue weighted by Gasteiger charge is -2.08. The summed E-state index contributed by atoms with van der Waals surface area (Å²) in [5.41, 5.74) is 0. The molecule has 0 aromatic heterocycles. The lowest BCUT2D eigenvalue weighted by molar-refractivity contribution is -0.135. The first-order valence-corrected chi connectivity index (χ1v) is 8.74. The van der Waals surface area contributed by atoms with Gasteiger partial charge in [-0.25, -0.2) is 8.42 Å². The molecule has 2 aromatic carbocycles. The number of benzene rings is 2. The van der Waals surface area contributed by atoms with Crippen LogP contribution in [-0.2, 0) is 14.6 Å². The second-order valence-electron chi connectivity index (χ2n) is 5.46. The van der Waals surface area contributed by atoms with Crippen LogP contribution in [0.2, 0.25) is 0 Å². The highest BCUT2D eigenvalue weighted by Crippen LogP contribution is 2.24. The van der Waals surface area contributed by atoms with Crippen molar-refractivity contribution in [2.75, 3.05) is 11.5 Å². The van der Waals surface area contributed by atoms with Crippen LogP contribution in [0.3, 0.4) is 0 Å². The third-order valence-corrected chi connectivity index (χ3v) is 5.57. The number of hydrogen-bond donors (Lipinski definition) is 0. The van der Waals surface area contributed by atoms with Gasteiger partial charge >= 0.3 is 5.97 Å². The smallest absolute Gasteiger partial charge is 0.311 e. The number of rotatable bonds is 3. The molecule has 1 heterocycles. The highest BCUT2D eigenvalue weighted by atomic mass is 32.2. The Hall–Kier alpha value is -1.88. The molecule has 5 heteroatoms. The molecule has 0 saturated carbocycles. The van der Waals surface area contributed by atoms with Gasteiger partial charge in [-0.2, -0.15) is 0 Å². The van der Waals surface area contributed by atoms with Gasteiger partial charge < -0.3 is 4.74 Å². The van der Waals surface area contributed by atoms with E-state index >= 15 is 0 Å². The summed E-state index contributed by atoms with van der Waals surface area (Å²) in [6.45, 7) is 0. The largest absolute Gasteiger partial charge is 0.426 e. The number of carbonyl (C=O) groups is 1. The van der Waals surface area contributed by atoms with E-state index in [1.54, 1.807) is 6.07 Å². The molecule has 21 heavy (non-hydrogen) atoms. The number of hydrogen-bond acceptors (Lipinski definition) is 4. The number of sulfone groups is 1. The second-order valence-corrected chi connectivity index (χ2v) is 7.68. The van der Waals surface area contributed by atoms with Crippen LogP contribution >= 0.6 is 0 Å². The van der Waals surface area contributed by atoms with Crippen LogP contribution in [0.4, 0.5) is 0 Å². The molecular weight excluding hydrogens is 288 g/mol. The van der Waals surface area contributed by atoms with Crippen molar-refractivity contribution in [1.82, 2.24) is 0 Å². The third kappa shape index (κ3) is 3.42. The topological polar surface area (TPSA) is 60.4 Å². The van der Waals surface area contributed by atoms with Gasteiger partial charge in [-0.05, 0) is 35.2 Å². The summed E-state index contributed by atoms with van der Waals surface area (Å²) in [6.07, 6.45) is 0.710. The average molecular weight is 304 g/mol. The normalized spacial score (nSPS) is 20.5. The summed E-state index contributed by atoms with van der Waals surface area (Å²) < 4.78 is 28.1. The first-order chi connectivity index (χ1) is 10.0. The van der Waals surface area contributed by atoms with E-state index in [1.165, 1.54) is 0 Å². The van der Waals surface area contributed by atoms with Gasteiger partial charge in [0.25, 0.3) is 0 Å². The number of esters is 1. The third-order valence-electron chi connectivity index (χ3n) is 3.73. The van der Waals surface area contributed by atoms with Crippen molar-refractivity contribution >= 4 is 26.6 Å². The molecule has 0 unspecified atom stereocenters. The minimum Gasteiger partial charge on any atom is -0.426 e. The summed E-state index contributed by atoms with van der Waals surface area (Å²) >= 11 is 0. The zero-order chi connectivity index (χ0) is 14.9. The Morgan fingerprint density at radius 3 is 2.62 bits per heavy atom. The van der Waals surface area contributed by atoms with Gasteiger partial charge in [-0.3, -0.25) is 4.79 Å². The highest BCUT2D eigenvalue weighted by molar-refractivity contribution is 7.91. The maximum Gasteiger partial charge on any atom is 0.311 e. The van der Waals surface area contributed by atoms with Gasteiger partial charge in [0.15, 0.2) is 9.84 Å². The lowest BCUT2D eigenvalue weighted by atomic mass is 10.1. The van der Waals surface area contributed by atoms with Crippen molar-refractivity contribution in [3.05, 3.63) is 42.5 Å². The standard InChI is InChI=1S/C16H16O4S/c17-16(9-12-7-8-21(18,19)11-12)20-15-6-5-13-3-1-2-4-14(13)10-15/h1-6,10,12H,7-9,11H2/t12-/m0/s1. The number of carbonyl (C=O) groups excluding carboxylic acids is 1. The fraction of sp³-hybridized carbons (Fsp3) is 0.312. The quantitative estimate of drug-likeness (QED) is 0.646. The van der Waals surface area contributed by atoms with Crippen LogP contribution in [0, 0.1) is 5.92 Å². The Morgan fingerprint density at radius 2 is 1.90 bits per heavy atom. The maximum absolute atomic E-state index is 11.9. The Kier molecular flexibility index (Phi) is 3.68. The number of ether oxygens (including phenoxy) is 1. The van der Waals surface area contributed by atoms with Crippen molar-refractivity contribution in [3.8, 4) is 5.75 Å². The van der Waals surface area contributed by atoms with E-state index < -0.39 is 9.84 Å². The molecular formula is C16H16O4S. The maximum atomic E-state index is 11.9. The van der Waals surface area contributed by atoms with Gasteiger partial charge in [-0.1, -0.05) is 30.3 Å². The van der Waals surface area contributed by atoms with E-state index in [0.717, 1.165) is 10.8 Å². The predicted octanol–water partition coefficient (Wildman–Crippen LogP) is 2.57. The van der Waals surface area contributed by atoms with Gasteiger partial charge in [0.1, 0.15) is 5.75 Å². The van der Waals surface area contributed by atoms with Gasteiger partial charge in [0.05, 0.1) is 11.5 Å². The molecule has 0 amide bonds. The van der Waals surface area contributed by atoms with Crippen LogP contribution in [0.25, 0.3) is 10.8 Å². The molecule has 0 N–H and O–H groups in total. The molecule has 0 radical (unpaired) electrons. The first-order valence-electron chi connectivity index (χ1n) is 6.92. The van der Waals surface area contributed by atoms with Crippen molar-refractivity contribution in [3.63, 3.8) is 0 Å². The van der Waals surface area contributed by atoms with Gasteiger partial charge in [-0.15, -0.1) is 0 Å². The van der Waals surface area contributed by atoms with E-state index in [2.05, 4.69) is 0 Å². The molecule has 1 aliphatic heterocycles. The van der Waals surface area contributed by atoms with E-state index in [1.807, 2.05) is 36.4 Å². The fourth-order valence-corrected chi connectivity index (χ4v) is 4.53. The predicted molar refractivity (Wildman–Crippen MR) is 81.0 cm³/mol. The Morgan fingerprint density at radius 1 is 1.14 bits per heavy atom. The zero-order valence-electron chi connectivity index (χ0n) is 11.5. The number of fused-ring (bicyclic) bond motifs is 1. The molecule has 110 valence electrons. The van der Waals surface area contributed by atoms with E-state index in [9.17, 15) is 13.2 Å². The van der Waals surface area contributed by atoms with Crippen LogP contribution in [0.15, 0.2) is 42.5 Å². The minimum absolute atomic E-state index is 0.0970. The van der Waals surface area contributed by atoms with Crippen LogP contribution in [0.1, 0.15) is 12.8 Å². The van der Waals surface area contributed by atoms with E-state index in [-0.39, 0.29) is 29.8 Å². The molecule has 0 spiro atoms. The lowest BCUT2D eigenvalue weighted by Crippen LogP contribution is -2.15. The Labute approximate surface area is 123 Å². The zero-order valence-corrected chi connectivity index (χ0v) is 12.3. The van der Waals surface area contributed by atoms with Gasteiger partial charge in [0, 0.05) is 6.42 Å². The minimum atomic E-state index is -2.95. The Balaban J connectivity index is 1.66. The van der Waals surface area contributed by atoms with Crippen molar-refractivity contribution in [1.29, 1.82) is 0 Å². The first kappa shape index (κ1) is 14.1. The van der Waals surface area contributed by atoms with E-state index in [4.69, 9.17) is 4.74 Å². The van der Waals surface area contributed by atoms with Crippen molar-refractivity contribution in [2.45, 2.75) is 12.8 Å². The monoisotopic (exact) mass is 304 g/mol. The second kappa shape index (κ2) is 5.48.